The fourth-order valence-electron chi connectivity index (χ4n) is 0.307. The monoisotopic (exact) mass is 280 g/mol. The van der Waals surface area contributed by atoms with E-state index in [2.05, 4.69) is 31.9 Å². The van der Waals surface area contributed by atoms with Gasteiger partial charge in [-0.3, -0.25) is 4.57 Å². The van der Waals surface area contributed by atoms with Crippen LogP contribution in [0.15, 0.2) is 0 Å². The summed E-state index contributed by atoms with van der Waals surface area (Å²) < 4.78 is 10.2. The first-order valence-corrected chi connectivity index (χ1v) is 6.04. The molecule has 0 aliphatic heterocycles. The van der Waals surface area contributed by atoms with Gasteiger partial charge in [0, 0.05) is 10.2 Å². The normalized spacial score (nSPS) is 15.6. The first-order valence-electron chi connectivity index (χ1n) is 2.20. The van der Waals surface area contributed by atoms with Crippen molar-refractivity contribution in [3.05, 3.63) is 0 Å². The molecular formula is C3H7Br2O3P. The highest BCUT2D eigenvalue weighted by Gasteiger charge is 2.17. The topological polar surface area (TPSA) is 57.5 Å². The van der Waals surface area contributed by atoms with Gasteiger partial charge in [-0.05, 0) is 0 Å². The summed E-state index contributed by atoms with van der Waals surface area (Å²) in [5, 5.41) is 0.554. The van der Waals surface area contributed by atoms with Crippen molar-refractivity contribution in [3.63, 3.8) is 0 Å². The smallest absolute Gasteiger partial charge is 0.324 e. The fourth-order valence-corrected chi connectivity index (χ4v) is 2.67. The summed E-state index contributed by atoms with van der Waals surface area (Å²) in [5.41, 5.74) is 0. The lowest BCUT2D eigenvalue weighted by molar-refractivity contribution is 0.373. The largest absolute Gasteiger partial charge is 0.326 e. The lowest BCUT2D eigenvalue weighted by Gasteiger charge is -2.05. The van der Waals surface area contributed by atoms with Gasteiger partial charge < -0.3 is 9.79 Å². The molecule has 0 spiro atoms. The summed E-state index contributed by atoms with van der Waals surface area (Å²) >= 11 is 6.15. The second-order valence-electron chi connectivity index (χ2n) is 1.60. The van der Waals surface area contributed by atoms with Gasteiger partial charge in [0.25, 0.3) is 0 Å². The SMILES string of the molecule is O=P(O)(O)CC(Br)CBr. The van der Waals surface area contributed by atoms with Gasteiger partial charge in [0.15, 0.2) is 0 Å². The van der Waals surface area contributed by atoms with Gasteiger partial charge >= 0.3 is 7.60 Å². The van der Waals surface area contributed by atoms with E-state index in [1.165, 1.54) is 0 Å². The minimum atomic E-state index is -3.82. The zero-order valence-electron chi connectivity index (χ0n) is 4.50. The molecule has 9 heavy (non-hydrogen) atoms. The first kappa shape index (κ1) is 10.1. The highest BCUT2D eigenvalue weighted by Crippen LogP contribution is 2.36. The molecule has 0 amide bonds. The van der Waals surface area contributed by atoms with Crippen LogP contribution in [0, 0.1) is 0 Å². The van der Waals surface area contributed by atoms with Crippen LogP contribution in [-0.4, -0.2) is 26.1 Å². The lowest BCUT2D eigenvalue weighted by atomic mass is 10.6. The van der Waals surface area contributed by atoms with Crippen LogP contribution in [-0.2, 0) is 4.57 Å². The van der Waals surface area contributed by atoms with Crippen molar-refractivity contribution < 1.29 is 14.4 Å². The molecule has 0 saturated heterocycles. The molecule has 0 aromatic carbocycles. The van der Waals surface area contributed by atoms with E-state index in [1.807, 2.05) is 0 Å². The summed E-state index contributed by atoms with van der Waals surface area (Å²) in [4.78, 5) is 16.6. The second-order valence-corrected chi connectivity index (χ2v) is 5.24. The molecule has 0 bridgehead atoms. The van der Waals surface area contributed by atoms with E-state index in [0.29, 0.717) is 5.33 Å². The van der Waals surface area contributed by atoms with Crippen molar-refractivity contribution in [2.45, 2.75) is 4.83 Å². The van der Waals surface area contributed by atoms with Crippen LogP contribution in [0.25, 0.3) is 0 Å². The molecule has 3 nitrogen and oxygen atoms in total. The molecule has 0 aliphatic carbocycles. The predicted octanol–water partition coefficient (Wildman–Crippen LogP) is 1.32. The molecule has 56 valence electrons. The maximum atomic E-state index is 10.2. The molecule has 6 heteroatoms. The van der Waals surface area contributed by atoms with E-state index < -0.39 is 7.60 Å². The Bertz CT molecular complexity index is 122. The average molecular weight is 282 g/mol. The van der Waals surface area contributed by atoms with Gasteiger partial charge in [-0.1, -0.05) is 31.9 Å². The molecule has 0 aromatic heterocycles. The quantitative estimate of drug-likeness (QED) is 0.606. The van der Waals surface area contributed by atoms with Crippen LogP contribution in [0.3, 0.4) is 0 Å². The Kier molecular flexibility index (Phi) is 4.59. The van der Waals surface area contributed by atoms with Crippen molar-refractivity contribution in [1.82, 2.24) is 0 Å². The van der Waals surface area contributed by atoms with Gasteiger partial charge in [-0.25, -0.2) is 0 Å². The van der Waals surface area contributed by atoms with E-state index in [-0.39, 0.29) is 11.0 Å². The van der Waals surface area contributed by atoms with Crippen molar-refractivity contribution in [2.24, 2.45) is 0 Å². The zero-order chi connectivity index (χ0) is 7.49. The Morgan fingerprint density at radius 2 is 2.00 bits per heavy atom. The molecule has 0 rings (SSSR count). The van der Waals surface area contributed by atoms with Crippen molar-refractivity contribution >= 4 is 39.5 Å². The molecular weight excluding hydrogens is 275 g/mol. The highest BCUT2D eigenvalue weighted by molar-refractivity contribution is 9.12. The van der Waals surface area contributed by atoms with Crippen LogP contribution in [0.2, 0.25) is 0 Å². The van der Waals surface area contributed by atoms with Gasteiger partial charge in [0.05, 0.1) is 6.16 Å². The van der Waals surface area contributed by atoms with Crippen molar-refractivity contribution in [1.29, 1.82) is 0 Å². The van der Waals surface area contributed by atoms with Crippen LogP contribution < -0.4 is 0 Å². The number of hydrogen-bond donors (Lipinski definition) is 2. The van der Waals surface area contributed by atoms with E-state index in [9.17, 15) is 4.57 Å². The number of hydrogen-bond acceptors (Lipinski definition) is 1. The van der Waals surface area contributed by atoms with Crippen LogP contribution in [0.1, 0.15) is 0 Å². The second kappa shape index (κ2) is 4.09. The molecule has 0 radical (unpaired) electrons. The van der Waals surface area contributed by atoms with Gasteiger partial charge in [-0.2, -0.15) is 0 Å². The highest BCUT2D eigenvalue weighted by atomic mass is 79.9. The molecule has 0 saturated carbocycles. The van der Waals surface area contributed by atoms with E-state index in [1.54, 1.807) is 0 Å². The Morgan fingerprint density at radius 3 is 2.11 bits per heavy atom. The minimum absolute atomic E-state index is 0.113. The average Bonchev–Trinajstić information content (AvgIpc) is 1.62. The van der Waals surface area contributed by atoms with Crippen LogP contribution in [0.5, 0.6) is 0 Å². The van der Waals surface area contributed by atoms with E-state index in [0.717, 1.165) is 0 Å². The standard InChI is InChI=1S/C3H7Br2O3P/c4-1-3(5)2-9(6,7)8/h3H,1-2H2,(H2,6,7,8). The van der Waals surface area contributed by atoms with Gasteiger partial charge in [0.2, 0.25) is 0 Å². The lowest BCUT2D eigenvalue weighted by Crippen LogP contribution is -2.05. The number of rotatable bonds is 3. The molecule has 1 atom stereocenters. The third kappa shape index (κ3) is 7.00. The molecule has 0 heterocycles. The Hall–Kier alpha value is 1.11. The third-order valence-corrected chi connectivity index (χ3v) is 4.32. The van der Waals surface area contributed by atoms with Crippen molar-refractivity contribution in [2.75, 3.05) is 11.5 Å². The predicted molar refractivity (Wildman–Crippen MR) is 43.4 cm³/mol. The van der Waals surface area contributed by atoms with Crippen LogP contribution >= 0.6 is 39.5 Å². The van der Waals surface area contributed by atoms with Gasteiger partial charge in [0.1, 0.15) is 0 Å². The summed E-state index contributed by atoms with van der Waals surface area (Å²) in [7, 11) is -3.82. The Morgan fingerprint density at radius 1 is 1.56 bits per heavy atom. The molecule has 0 aliphatic rings. The van der Waals surface area contributed by atoms with Crippen LogP contribution in [0.4, 0.5) is 0 Å². The molecule has 2 N–H and O–H groups in total. The van der Waals surface area contributed by atoms with Crippen molar-refractivity contribution in [3.8, 4) is 0 Å². The third-order valence-electron chi connectivity index (χ3n) is 0.603. The number of alkyl halides is 2. The van der Waals surface area contributed by atoms with Gasteiger partial charge in [-0.15, -0.1) is 0 Å². The summed E-state index contributed by atoms with van der Waals surface area (Å²) in [6, 6.07) is 0. The Labute approximate surface area is 70.3 Å². The Balaban J connectivity index is 3.60. The van der Waals surface area contributed by atoms with E-state index in [4.69, 9.17) is 9.79 Å². The molecule has 0 aromatic rings. The summed E-state index contributed by atoms with van der Waals surface area (Å²) in [5.74, 6) is 0. The minimum Gasteiger partial charge on any atom is -0.324 e. The number of halogens is 2. The molecule has 0 fully saturated rings. The first-order chi connectivity index (χ1) is 3.95. The summed E-state index contributed by atoms with van der Waals surface area (Å²) in [6.07, 6.45) is -0.113. The van der Waals surface area contributed by atoms with E-state index >= 15 is 0 Å². The summed E-state index contributed by atoms with van der Waals surface area (Å²) in [6.45, 7) is 0. The fraction of sp³-hybridized carbons (Fsp3) is 1.00. The zero-order valence-corrected chi connectivity index (χ0v) is 8.56. The maximum Gasteiger partial charge on any atom is 0.326 e. The maximum absolute atomic E-state index is 10.2. The molecule has 1 unspecified atom stereocenters.